The first kappa shape index (κ1) is 17.4. The molecule has 2 aromatic carbocycles. The van der Waals surface area contributed by atoms with Crippen molar-refractivity contribution in [2.45, 2.75) is 19.5 Å². The van der Waals surface area contributed by atoms with Crippen LogP contribution in [0.25, 0.3) is 0 Å². The lowest BCUT2D eigenvalue weighted by Gasteiger charge is -2.17. The van der Waals surface area contributed by atoms with E-state index in [-0.39, 0.29) is 17.8 Å². The molecular weight excluding hydrogens is 315 g/mol. The van der Waals surface area contributed by atoms with Crippen molar-refractivity contribution in [1.29, 1.82) is 0 Å². The molecule has 0 radical (unpaired) electrons. The second kappa shape index (κ2) is 8.09. The first-order chi connectivity index (χ1) is 10.9. The third kappa shape index (κ3) is 5.66. The highest BCUT2D eigenvalue weighted by Gasteiger charge is 2.14. The first-order valence-electron chi connectivity index (χ1n) is 7.54. The van der Waals surface area contributed by atoms with Gasteiger partial charge in [0.15, 0.2) is 6.54 Å². The number of hydrogen-bond donors (Lipinski definition) is 2. The van der Waals surface area contributed by atoms with Crippen LogP contribution in [-0.4, -0.2) is 19.5 Å². The number of hydrogen-bond acceptors (Lipinski definition) is 1. The minimum absolute atomic E-state index is 0.0305. The summed E-state index contributed by atoms with van der Waals surface area (Å²) < 4.78 is 12.9. The van der Waals surface area contributed by atoms with Gasteiger partial charge in [-0.1, -0.05) is 35.9 Å². The van der Waals surface area contributed by atoms with Crippen molar-refractivity contribution in [2.75, 3.05) is 13.6 Å². The second-order valence-corrected chi connectivity index (χ2v) is 6.22. The zero-order valence-corrected chi connectivity index (χ0v) is 14.0. The van der Waals surface area contributed by atoms with Crippen LogP contribution in [0.2, 0.25) is 5.02 Å². The molecule has 2 atom stereocenters. The van der Waals surface area contributed by atoms with E-state index in [1.165, 1.54) is 12.1 Å². The quantitative estimate of drug-likeness (QED) is 0.835. The van der Waals surface area contributed by atoms with E-state index in [0.29, 0.717) is 18.1 Å². The minimum atomic E-state index is -0.250. The number of benzene rings is 2. The molecule has 2 N–H and O–H groups in total. The highest BCUT2D eigenvalue weighted by atomic mass is 35.5. The van der Waals surface area contributed by atoms with E-state index in [4.69, 9.17) is 11.6 Å². The standard InChI is InChI=1S/C18H20ClFN2O/c1-13(15-4-3-5-16(19)10-15)21-18(23)12-22(2)11-14-6-8-17(20)9-7-14/h3-10,13H,11-12H2,1-2H3,(H,21,23)/p+1/t13-/m1/s1. The molecule has 5 heteroatoms. The average Bonchev–Trinajstić information content (AvgIpc) is 2.49. The summed E-state index contributed by atoms with van der Waals surface area (Å²) in [5, 5.41) is 3.63. The summed E-state index contributed by atoms with van der Waals surface area (Å²) in [6.45, 7) is 2.94. The number of halogens is 2. The van der Waals surface area contributed by atoms with Crippen molar-refractivity contribution < 1.29 is 14.1 Å². The maximum absolute atomic E-state index is 12.9. The van der Waals surface area contributed by atoms with Gasteiger partial charge in [-0.3, -0.25) is 4.79 Å². The van der Waals surface area contributed by atoms with Gasteiger partial charge in [0.2, 0.25) is 0 Å². The average molecular weight is 336 g/mol. The summed E-state index contributed by atoms with van der Waals surface area (Å²) in [5.74, 6) is -0.281. The minimum Gasteiger partial charge on any atom is -0.345 e. The van der Waals surface area contributed by atoms with Crippen molar-refractivity contribution in [3.8, 4) is 0 Å². The van der Waals surface area contributed by atoms with Crippen LogP contribution in [0.1, 0.15) is 24.1 Å². The van der Waals surface area contributed by atoms with E-state index in [1.54, 1.807) is 18.2 Å². The van der Waals surface area contributed by atoms with Crippen molar-refractivity contribution in [3.63, 3.8) is 0 Å². The molecule has 3 nitrogen and oxygen atoms in total. The molecule has 0 fully saturated rings. The lowest BCUT2D eigenvalue weighted by atomic mass is 10.1. The maximum atomic E-state index is 12.9. The monoisotopic (exact) mass is 335 g/mol. The van der Waals surface area contributed by atoms with Crippen molar-refractivity contribution in [3.05, 3.63) is 70.5 Å². The summed E-state index contributed by atoms with van der Waals surface area (Å²) in [4.78, 5) is 13.2. The topological polar surface area (TPSA) is 33.5 Å². The molecule has 2 aromatic rings. The Labute approximate surface area is 141 Å². The Morgan fingerprint density at radius 1 is 1.26 bits per heavy atom. The lowest BCUT2D eigenvalue weighted by Crippen LogP contribution is -3.08. The van der Waals surface area contributed by atoms with Gasteiger partial charge in [-0.15, -0.1) is 0 Å². The van der Waals surface area contributed by atoms with Gasteiger partial charge in [0, 0.05) is 10.6 Å². The van der Waals surface area contributed by atoms with Gasteiger partial charge < -0.3 is 10.2 Å². The summed E-state index contributed by atoms with van der Waals surface area (Å²) in [5.41, 5.74) is 1.97. The molecule has 0 aliphatic rings. The van der Waals surface area contributed by atoms with Crippen LogP contribution in [0.5, 0.6) is 0 Å². The third-order valence-corrected chi connectivity index (χ3v) is 3.84. The van der Waals surface area contributed by atoms with E-state index in [0.717, 1.165) is 16.0 Å². The molecule has 0 saturated heterocycles. The van der Waals surface area contributed by atoms with Crippen molar-refractivity contribution in [1.82, 2.24) is 5.32 Å². The molecule has 0 aliphatic heterocycles. The van der Waals surface area contributed by atoms with E-state index >= 15 is 0 Å². The molecular formula is C18H21ClFN2O+. The van der Waals surface area contributed by atoms with Crippen molar-refractivity contribution >= 4 is 17.5 Å². The molecule has 0 heterocycles. The van der Waals surface area contributed by atoms with E-state index in [2.05, 4.69) is 5.32 Å². The number of carbonyl (C=O) groups is 1. The summed E-state index contributed by atoms with van der Waals surface area (Å²) in [6, 6.07) is 13.7. The molecule has 0 aromatic heterocycles. The maximum Gasteiger partial charge on any atom is 0.275 e. The highest BCUT2D eigenvalue weighted by molar-refractivity contribution is 6.30. The third-order valence-electron chi connectivity index (χ3n) is 3.61. The van der Waals surface area contributed by atoms with Gasteiger partial charge in [0.1, 0.15) is 12.4 Å². The Bertz CT molecular complexity index is 660. The predicted molar refractivity (Wildman–Crippen MR) is 89.9 cm³/mol. The van der Waals surface area contributed by atoms with Crippen LogP contribution >= 0.6 is 11.6 Å². The van der Waals surface area contributed by atoms with E-state index in [1.807, 2.05) is 32.2 Å². The number of quaternary nitrogens is 1. The highest BCUT2D eigenvalue weighted by Crippen LogP contribution is 2.16. The lowest BCUT2D eigenvalue weighted by molar-refractivity contribution is -0.885. The Morgan fingerprint density at radius 2 is 1.96 bits per heavy atom. The SMILES string of the molecule is C[C@@H](NC(=O)C[NH+](C)Cc1ccc(F)cc1)c1cccc(Cl)c1. The molecule has 1 unspecified atom stereocenters. The largest absolute Gasteiger partial charge is 0.345 e. The smallest absolute Gasteiger partial charge is 0.275 e. The molecule has 23 heavy (non-hydrogen) atoms. The van der Waals surface area contributed by atoms with E-state index < -0.39 is 0 Å². The van der Waals surface area contributed by atoms with Gasteiger partial charge in [0.05, 0.1) is 13.1 Å². The number of nitrogens with one attached hydrogen (secondary N) is 2. The molecule has 0 bridgehead atoms. The molecule has 122 valence electrons. The van der Waals surface area contributed by atoms with Gasteiger partial charge in [-0.05, 0) is 36.8 Å². The molecule has 1 amide bonds. The number of amides is 1. The summed E-state index contributed by atoms with van der Waals surface area (Å²) in [7, 11) is 1.94. The van der Waals surface area contributed by atoms with Crippen LogP contribution in [0.4, 0.5) is 4.39 Å². The Balaban J connectivity index is 1.85. The summed E-state index contributed by atoms with van der Waals surface area (Å²) >= 11 is 5.97. The Kier molecular flexibility index (Phi) is 6.13. The fraction of sp³-hybridized carbons (Fsp3) is 0.278. The Hall–Kier alpha value is -1.91. The van der Waals surface area contributed by atoms with Gasteiger partial charge in [-0.25, -0.2) is 4.39 Å². The van der Waals surface area contributed by atoms with Gasteiger partial charge in [-0.2, -0.15) is 0 Å². The Morgan fingerprint density at radius 3 is 2.61 bits per heavy atom. The number of likely N-dealkylation sites (N-methyl/N-ethyl adjacent to an activating group) is 1. The zero-order valence-electron chi connectivity index (χ0n) is 13.3. The van der Waals surface area contributed by atoms with Crippen molar-refractivity contribution in [2.24, 2.45) is 0 Å². The van der Waals surface area contributed by atoms with Gasteiger partial charge >= 0.3 is 0 Å². The molecule has 0 spiro atoms. The second-order valence-electron chi connectivity index (χ2n) is 5.78. The predicted octanol–water partition coefficient (Wildman–Crippen LogP) is 2.37. The number of carbonyl (C=O) groups excluding carboxylic acids is 1. The van der Waals surface area contributed by atoms with Crippen LogP contribution in [0.3, 0.4) is 0 Å². The van der Waals surface area contributed by atoms with Crippen LogP contribution < -0.4 is 10.2 Å². The number of rotatable bonds is 6. The van der Waals surface area contributed by atoms with E-state index in [9.17, 15) is 9.18 Å². The van der Waals surface area contributed by atoms with Crippen LogP contribution in [0, 0.1) is 5.82 Å². The normalized spacial score (nSPS) is 13.4. The summed E-state index contributed by atoms with van der Waals surface area (Å²) in [6.07, 6.45) is 0. The van der Waals surface area contributed by atoms with Crippen LogP contribution in [-0.2, 0) is 11.3 Å². The van der Waals surface area contributed by atoms with Gasteiger partial charge in [0.25, 0.3) is 5.91 Å². The molecule has 0 saturated carbocycles. The zero-order chi connectivity index (χ0) is 16.8. The molecule has 0 aliphatic carbocycles. The fourth-order valence-corrected chi connectivity index (χ4v) is 2.64. The first-order valence-corrected chi connectivity index (χ1v) is 7.92. The fourth-order valence-electron chi connectivity index (χ4n) is 2.44. The van der Waals surface area contributed by atoms with Crippen LogP contribution in [0.15, 0.2) is 48.5 Å². The molecule has 2 rings (SSSR count).